The van der Waals surface area contributed by atoms with Gasteiger partial charge in [-0.05, 0) is 30.7 Å². The van der Waals surface area contributed by atoms with Gasteiger partial charge in [-0.2, -0.15) is 0 Å². The minimum atomic E-state index is 0.195. The first kappa shape index (κ1) is 9.65. The molecule has 3 nitrogen and oxygen atoms in total. The van der Waals surface area contributed by atoms with E-state index in [-0.39, 0.29) is 5.75 Å². The third kappa shape index (κ3) is 1.96. The lowest BCUT2D eigenvalue weighted by atomic mass is 10.1. The third-order valence-corrected chi connectivity index (χ3v) is 2.23. The number of aromatic hydroxyl groups is 1. The molecule has 0 aliphatic carbocycles. The van der Waals surface area contributed by atoms with Crippen molar-refractivity contribution in [1.29, 1.82) is 0 Å². The van der Waals surface area contributed by atoms with E-state index in [9.17, 15) is 5.11 Å². The molecule has 2 aromatic heterocycles. The quantitative estimate of drug-likeness (QED) is 0.809. The van der Waals surface area contributed by atoms with Crippen LogP contribution < -0.4 is 0 Å². The Bertz CT molecular complexity index is 454. The van der Waals surface area contributed by atoms with Crippen molar-refractivity contribution in [2.45, 2.75) is 13.3 Å². The smallest absolute Gasteiger partial charge is 0.141 e. The lowest BCUT2D eigenvalue weighted by molar-refractivity contribution is 0.474. The maximum atomic E-state index is 9.69. The van der Waals surface area contributed by atoms with Crippen LogP contribution in [0.5, 0.6) is 5.75 Å². The summed E-state index contributed by atoms with van der Waals surface area (Å²) >= 11 is 0. The summed E-state index contributed by atoms with van der Waals surface area (Å²) in [5.74, 6) is 0.195. The molecule has 15 heavy (non-hydrogen) atoms. The Labute approximate surface area is 88.5 Å². The highest BCUT2D eigenvalue weighted by Crippen LogP contribution is 2.26. The van der Waals surface area contributed by atoms with Gasteiger partial charge < -0.3 is 5.11 Å². The van der Waals surface area contributed by atoms with E-state index in [2.05, 4.69) is 9.97 Å². The molecule has 1 N–H and O–H groups in total. The van der Waals surface area contributed by atoms with E-state index in [0.29, 0.717) is 5.69 Å². The Morgan fingerprint density at radius 1 is 1.27 bits per heavy atom. The molecule has 0 unspecified atom stereocenters. The average Bonchev–Trinajstić information content (AvgIpc) is 2.31. The van der Waals surface area contributed by atoms with E-state index in [1.165, 1.54) is 0 Å². The van der Waals surface area contributed by atoms with Gasteiger partial charge in [0.15, 0.2) is 0 Å². The molecular weight excluding hydrogens is 188 g/mol. The molecule has 3 heteroatoms. The first-order valence-corrected chi connectivity index (χ1v) is 4.90. The average molecular weight is 200 g/mol. The van der Waals surface area contributed by atoms with Gasteiger partial charge in [0.2, 0.25) is 0 Å². The van der Waals surface area contributed by atoms with Crippen molar-refractivity contribution in [3.05, 3.63) is 42.4 Å². The Morgan fingerprint density at radius 2 is 2.13 bits per heavy atom. The largest absolute Gasteiger partial charge is 0.506 e. The molecule has 0 bridgehead atoms. The first-order chi connectivity index (χ1) is 7.31. The van der Waals surface area contributed by atoms with E-state index < -0.39 is 0 Å². The van der Waals surface area contributed by atoms with Crippen molar-refractivity contribution in [1.82, 2.24) is 9.97 Å². The Kier molecular flexibility index (Phi) is 2.63. The maximum absolute atomic E-state index is 9.69. The molecule has 2 aromatic rings. The van der Waals surface area contributed by atoms with E-state index in [1.807, 2.05) is 25.1 Å². The minimum absolute atomic E-state index is 0.195. The standard InChI is InChI=1S/C12H12N2O/c1-2-10-5-6-11(15)12(14-10)9-4-3-7-13-8-9/h3-8,15H,2H2,1H3. The fourth-order valence-electron chi connectivity index (χ4n) is 1.40. The van der Waals surface area contributed by atoms with Gasteiger partial charge in [-0.15, -0.1) is 0 Å². The summed E-state index contributed by atoms with van der Waals surface area (Å²) in [4.78, 5) is 8.38. The molecule has 76 valence electrons. The van der Waals surface area contributed by atoms with Gasteiger partial charge in [-0.1, -0.05) is 6.92 Å². The van der Waals surface area contributed by atoms with Crippen molar-refractivity contribution in [2.75, 3.05) is 0 Å². The topological polar surface area (TPSA) is 46.0 Å². The highest BCUT2D eigenvalue weighted by atomic mass is 16.3. The number of aromatic nitrogens is 2. The molecule has 2 rings (SSSR count). The predicted molar refractivity (Wildman–Crippen MR) is 58.5 cm³/mol. The van der Waals surface area contributed by atoms with E-state index in [4.69, 9.17) is 0 Å². The van der Waals surface area contributed by atoms with Gasteiger partial charge >= 0.3 is 0 Å². The van der Waals surface area contributed by atoms with Crippen molar-refractivity contribution in [3.8, 4) is 17.0 Å². The summed E-state index contributed by atoms with van der Waals surface area (Å²) in [6.45, 7) is 2.03. The van der Waals surface area contributed by atoms with Crippen LogP contribution in [0.15, 0.2) is 36.7 Å². The minimum Gasteiger partial charge on any atom is -0.506 e. The fraction of sp³-hybridized carbons (Fsp3) is 0.167. The predicted octanol–water partition coefficient (Wildman–Crippen LogP) is 2.41. The molecule has 0 aliphatic rings. The van der Waals surface area contributed by atoms with E-state index >= 15 is 0 Å². The van der Waals surface area contributed by atoms with Crippen LogP contribution in [0.1, 0.15) is 12.6 Å². The fourth-order valence-corrected chi connectivity index (χ4v) is 1.40. The molecule has 0 saturated carbocycles. The molecule has 0 saturated heterocycles. The number of hydrogen-bond donors (Lipinski definition) is 1. The van der Waals surface area contributed by atoms with Crippen LogP contribution in [0.4, 0.5) is 0 Å². The molecule has 0 fully saturated rings. The van der Waals surface area contributed by atoms with Gasteiger partial charge in [-0.3, -0.25) is 4.98 Å². The van der Waals surface area contributed by atoms with Crippen molar-refractivity contribution >= 4 is 0 Å². The summed E-state index contributed by atoms with van der Waals surface area (Å²) in [5.41, 5.74) is 2.40. The number of aryl methyl sites for hydroxylation is 1. The van der Waals surface area contributed by atoms with Crippen molar-refractivity contribution in [2.24, 2.45) is 0 Å². The van der Waals surface area contributed by atoms with Crippen LogP contribution in [0.3, 0.4) is 0 Å². The zero-order valence-electron chi connectivity index (χ0n) is 8.51. The zero-order valence-corrected chi connectivity index (χ0v) is 8.51. The van der Waals surface area contributed by atoms with Crippen LogP contribution in [0.25, 0.3) is 11.3 Å². The van der Waals surface area contributed by atoms with Crippen LogP contribution in [0.2, 0.25) is 0 Å². The Morgan fingerprint density at radius 3 is 2.80 bits per heavy atom. The van der Waals surface area contributed by atoms with E-state index in [0.717, 1.165) is 17.7 Å². The van der Waals surface area contributed by atoms with Crippen LogP contribution in [-0.4, -0.2) is 15.1 Å². The Hall–Kier alpha value is -1.90. The number of nitrogens with zero attached hydrogens (tertiary/aromatic N) is 2. The molecular formula is C12H12N2O. The summed E-state index contributed by atoms with van der Waals surface area (Å²) in [6.07, 6.45) is 4.25. The van der Waals surface area contributed by atoms with Gasteiger partial charge in [0.05, 0.1) is 0 Å². The highest BCUT2D eigenvalue weighted by molar-refractivity contribution is 5.64. The van der Waals surface area contributed by atoms with Crippen molar-refractivity contribution in [3.63, 3.8) is 0 Å². The first-order valence-electron chi connectivity index (χ1n) is 4.90. The van der Waals surface area contributed by atoms with Gasteiger partial charge in [0, 0.05) is 23.7 Å². The summed E-state index contributed by atoms with van der Waals surface area (Å²) in [5, 5.41) is 9.69. The van der Waals surface area contributed by atoms with Gasteiger partial charge in [-0.25, -0.2) is 4.98 Å². The highest BCUT2D eigenvalue weighted by Gasteiger charge is 2.06. The molecule has 0 amide bonds. The van der Waals surface area contributed by atoms with Crippen LogP contribution >= 0.6 is 0 Å². The lowest BCUT2D eigenvalue weighted by Crippen LogP contribution is -1.91. The second-order valence-corrected chi connectivity index (χ2v) is 3.27. The van der Waals surface area contributed by atoms with E-state index in [1.54, 1.807) is 18.5 Å². The molecule has 0 aliphatic heterocycles. The molecule has 2 heterocycles. The van der Waals surface area contributed by atoms with Crippen molar-refractivity contribution < 1.29 is 5.11 Å². The second kappa shape index (κ2) is 4.09. The van der Waals surface area contributed by atoms with Crippen LogP contribution in [-0.2, 0) is 6.42 Å². The molecule has 0 aromatic carbocycles. The second-order valence-electron chi connectivity index (χ2n) is 3.27. The van der Waals surface area contributed by atoms with Crippen LogP contribution in [0, 0.1) is 0 Å². The number of hydrogen-bond acceptors (Lipinski definition) is 3. The van der Waals surface area contributed by atoms with Gasteiger partial charge in [0.1, 0.15) is 11.4 Å². The third-order valence-electron chi connectivity index (χ3n) is 2.23. The number of pyridine rings is 2. The van der Waals surface area contributed by atoms with Gasteiger partial charge in [0.25, 0.3) is 0 Å². The summed E-state index contributed by atoms with van der Waals surface area (Å²) in [7, 11) is 0. The molecule has 0 spiro atoms. The Balaban J connectivity index is 2.52. The number of rotatable bonds is 2. The monoisotopic (exact) mass is 200 g/mol. The summed E-state index contributed by atoms with van der Waals surface area (Å²) < 4.78 is 0. The zero-order chi connectivity index (χ0) is 10.7. The normalized spacial score (nSPS) is 10.2. The molecule has 0 atom stereocenters. The molecule has 0 radical (unpaired) electrons. The SMILES string of the molecule is CCc1ccc(O)c(-c2cccnc2)n1. The maximum Gasteiger partial charge on any atom is 0.141 e. The lowest BCUT2D eigenvalue weighted by Gasteiger charge is -2.05. The summed E-state index contributed by atoms with van der Waals surface area (Å²) in [6, 6.07) is 7.22.